The molecule has 0 rings (SSSR count). The van der Waals surface area contributed by atoms with E-state index in [1.165, 1.54) is 0 Å². The molecule has 5 N–H and O–H groups in total. The molecule has 0 aromatic rings. The largest absolute Gasteiger partial charge is 0.480 e. The zero-order chi connectivity index (χ0) is 13.4. The van der Waals surface area contributed by atoms with E-state index in [0.29, 0.717) is 11.3 Å². The van der Waals surface area contributed by atoms with Crippen LogP contribution in [-0.2, 0) is 14.4 Å². The number of nitrogens with zero attached hydrogens (tertiary/aromatic N) is 1. The first-order chi connectivity index (χ1) is 7.99. The van der Waals surface area contributed by atoms with E-state index in [-0.39, 0.29) is 6.42 Å². The third kappa shape index (κ3) is 4.49. The summed E-state index contributed by atoms with van der Waals surface area (Å²) in [5.41, 5.74) is 10.3. The van der Waals surface area contributed by atoms with E-state index >= 15 is 0 Å². The standard InChI is InChI=1S/C10H19N3O4/c1-2-3-4-7(10(16)17)13(8(14)5-11)9(15)6-12/h7H,2-6,11-12H2,1H3,(H,16,17). The first-order valence-electron chi connectivity index (χ1n) is 5.47. The predicted octanol–water partition coefficient (Wildman–Crippen LogP) is -1.10. The van der Waals surface area contributed by atoms with E-state index in [4.69, 9.17) is 16.6 Å². The molecule has 0 radical (unpaired) electrons. The first-order valence-corrected chi connectivity index (χ1v) is 5.47. The molecule has 0 fully saturated rings. The minimum absolute atomic E-state index is 0.212. The fourth-order valence-corrected chi connectivity index (χ4v) is 1.44. The van der Waals surface area contributed by atoms with Crippen LogP contribution in [0.15, 0.2) is 0 Å². The number of carbonyl (C=O) groups excluding carboxylic acids is 2. The lowest BCUT2D eigenvalue weighted by atomic mass is 10.1. The Morgan fingerprint density at radius 3 is 1.94 bits per heavy atom. The molecule has 0 aliphatic rings. The molecule has 0 aliphatic carbocycles. The molecule has 0 saturated heterocycles. The Morgan fingerprint density at radius 1 is 1.18 bits per heavy atom. The van der Waals surface area contributed by atoms with Crippen molar-refractivity contribution in [1.29, 1.82) is 0 Å². The van der Waals surface area contributed by atoms with Crippen LogP contribution in [0.5, 0.6) is 0 Å². The number of hydrogen-bond acceptors (Lipinski definition) is 5. The molecule has 0 aromatic heterocycles. The summed E-state index contributed by atoms with van der Waals surface area (Å²) in [6, 6.07) is -1.18. The SMILES string of the molecule is CCCCC(C(=O)O)N(C(=O)CN)C(=O)CN. The highest BCUT2D eigenvalue weighted by molar-refractivity contribution is 6.00. The summed E-state index contributed by atoms with van der Waals surface area (Å²) in [6.07, 6.45) is 1.58. The number of carboxylic acid groups (broad SMARTS) is 1. The van der Waals surface area contributed by atoms with Crippen molar-refractivity contribution in [3.63, 3.8) is 0 Å². The summed E-state index contributed by atoms with van der Waals surface area (Å²) in [4.78, 5) is 34.7. The van der Waals surface area contributed by atoms with Gasteiger partial charge in [0, 0.05) is 0 Å². The molecule has 7 nitrogen and oxygen atoms in total. The van der Waals surface area contributed by atoms with Crippen LogP contribution in [0.25, 0.3) is 0 Å². The number of amides is 2. The molecule has 0 spiro atoms. The fourth-order valence-electron chi connectivity index (χ4n) is 1.44. The number of carboxylic acids is 1. The van der Waals surface area contributed by atoms with Crippen LogP contribution in [0.2, 0.25) is 0 Å². The monoisotopic (exact) mass is 245 g/mol. The lowest BCUT2D eigenvalue weighted by Crippen LogP contribution is -2.52. The van der Waals surface area contributed by atoms with Crippen LogP contribution in [0.4, 0.5) is 0 Å². The highest BCUT2D eigenvalue weighted by Crippen LogP contribution is 2.10. The summed E-state index contributed by atoms with van der Waals surface area (Å²) < 4.78 is 0. The Balaban J connectivity index is 4.99. The number of imide groups is 1. The number of aliphatic carboxylic acids is 1. The molecule has 0 heterocycles. The maximum atomic E-state index is 11.5. The average molecular weight is 245 g/mol. The zero-order valence-corrected chi connectivity index (χ0v) is 9.89. The quantitative estimate of drug-likeness (QED) is 0.522. The van der Waals surface area contributed by atoms with Crippen LogP contribution >= 0.6 is 0 Å². The summed E-state index contributed by atoms with van der Waals surface area (Å²) in [6.45, 7) is 1.06. The van der Waals surface area contributed by atoms with Gasteiger partial charge in [0.05, 0.1) is 13.1 Å². The third-order valence-electron chi connectivity index (χ3n) is 2.31. The van der Waals surface area contributed by atoms with Crippen LogP contribution in [0.3, 0.4) is 0 Å². The molecule has 98 valence electrons. The predicted molar refractivity (Wildman–Crippen MR) is 60.9 cm³/mol. The second kappa shape index (κ2) is 7.75. The summed E-state index contributed by atoms with van der Waals surface area (Å²) in [5.74, 6) is -2.66. The van der Waals surface area contributed by atoms with E-state index in [9.17, 15) is 14.4 Å². The Bertz CT molecular complexity index is 277. The van der Waals surface area contributed by atoms with Gasteiger partial charge in [-0.2, -0.15) is 0 Å². The third-order valence-corrected chi connectivity index (χ3v) is 2.31. The molecule has 1 atom stereocenters. The molecular formula is C10H19N3O4. The highest BCUT2D eigenvalue weighted by Gasteiger charge is 2.32. The van der Waals surface area contributed by atoms with Crippen molar-refractivity contribution in [2.24, 2.45) is 11.5 Å². The second-order valence-corrected chi connectivity index (χ2v) is 3.56. The zero-order valence-electron chi connectivity index (χ0n) is 9.89. The Morgan fingerprint density at radius 2 is 1.65 bits per heavy atom. The molecular weight excluding hydrogens is 226 g/mol. The van der Waals surface area contributed by atoms with Crippen molar-refractivity contribution in [3.8, 4) is 0 Å². The van der Waals surface area contributed by atoms with Crippen molar-refractivity contribution in [3.05, 3.63) is 0 Å². The Hall–Kier alpha value is -1.47. The number of rotatable bonds is 7. The van der Waals surface area contributed by atoms with Gasteiger partial charge in [-0.1, -0.05) is 19.8 Å². The molecule has 0 saturated carbocycles. The Kier molecular flexibility index (Phi) is 7.08. The minimum Gasteiger partial charge on any atom is -0.480 e. The average Bonchev–Trinajstić information content (AvgIpc) is 2.32. The van der Waals surface area contributed by atoms with Gasteiger partial charge in [-0.3, -0.25) is 14.5 Å². The lowest BCUT2D eigenvalue weighted by Gasteiger charge is -2.26. The number of nitrogens with two attached hydrogens (primary N) is 2. The lowest BCUT2D eigenvalue weighted by molar-refractivity contribution is -0.157. The van der Waals surface area contributed by atoms with Gasteiger partial charge in [-0.15, -0.1) is 0 Å². The molecule has 1 unspecified atom stereocenters. The van der Waals surface area contributed by atoms with E-state index in [1.54, 1.807) is 0 Å². The summed E-state index contributed by atoms with van der Waals surface area (Å²) in [7, 11) is 0. The summed E-state index contributed by atoms with van der Waals surface area (Å²) >= 11 is 0. The van der Waals surface area contributed by atoms with E-state index in [2.05, 4.69) is 0 Å². The fraction of sp³-hybridized carbons (Fsp3) is 0.700. The van der Waals surface area contributed by atoms with Crippen molar-refractivity contribution < 1.29 is 19.5 Å². The number of unbranched alkanes of at least 4 members (excludes halogenated alkanes) is 1. The van der Waals surface area contributed by atoms with Crippen molar-refractivity contribution >= 4 is 17.8 Å². The topological polar surface area (TPSA) is 127 Å². The van der Waals surface area contributed by atoms with Gasteiger partial charge in [-0.05, 0) is 6.42 Å². The normalized spacial score (nSPS) is 11.9. The maximum absolute atomic E-state index is 11.5. The second-order valence-electron chi connectivity index (χ2n) is 3.56. The van der Waals surface area contributed by atoms with Gasteiger partial charge >= 0.3 is 5.97 Å². The number of carbonyl (C=O) groups is 3. The molecule has 0 aromatic carbocycles. The van der Waals surface area contributed by atoms with Gasteiger partial charge in [0.25, 0.3) is 0 Å². The van der Waals surface area contributed by atoms with E-state index < -0.39 is 36.9 Å². The van der Waals surface area contributed by atoms with Gasteiger partial charge < -0.3 is 16.6 Å². The van der Waals surface area contributed by atoms with E-state index in [0.717, 1.165) is 6.42 Å². The van der Waals surface area contributed by atoms with Gasteiger partial charge in [0.1, 0.15) is 6.04 Å². The number of hydrogen-bond donors (Lipinski definition) is 3. The molecule has 0 aliphatic heterocycles. The highest BCUT2D eigenvalue weighted by atomic mass is 16.4. The van der Waals surface area contributed by atoms with Gasteiger partial charge in [0.2, 0.25) is 11.8 Å². The van der Waals surface area contributed by atoms with Crippen LogP contribution < -0.4 is 11.5 Å². The van der Waals surface area contributed by atoms with Crippen LogP contribution in [0, 0.1) is 0 Å². The van der Waals surface area contributed by atoms with Crippen LogP contribution in [0.1, 0.15) is 26.2 Å². The first kappa shape index (κ1) is 15.5. The summed E-state index contributed by atoms with van der Waals surface area (Å²) in [5, 5.41) is 9.03. The van der Waals surface area contributed by atoms with Crippen molar-refractivity contribution in [2.75, 3.05) is 13.1 Å². The van der Waals surface area contributed by atoms with E-state index in [1.807, 2.05) is 6.92 Å². The smallest absolute Gasteiger partial charge is 0.326 e. The van der Waals surface area contributed by atoms with Gasteiger partial charge in [-0.25, -0.2) is 4.79 Å². The maximum Gasteiger partial charge on any atom is 0.326 e. The van der Waals surface area contributed by atoms with Crippen molar-refractivity contribution in [1.82, 2.24) is 4.90 Å². The Labute approximate surface area is 99.7 Å². The van der Waals surface area contributed by atoms with Crippen LogP contribution in [-0.4, -0.2) is 46.9 Å². The molecule has 7 heteroatoms. The molecule has 2 amide bonds. The molecule has 17 heavy (non-hydrogen) atoms. The molecule has 0 bridgehead atoms. The van der Waals surface area contributed by atoms with Crippen molar-refractivity contribution in [2.45, 2.75) is 32.2 Å². The van der Waals surface area contributed by atoms with Gasteiger partial charge in [0.15, 0.2) is 0 Å². The minimum atomic E-state index is -1.22.